The first-order valence-corrected chi connectivity index (χ1v) is 6.62. The molecule has 2 rings (SSSR count). The lowest BCUT2D eigenvalue weighted by molar-refractivity contribution is 0.0883. The topological polar surface area (TPSA) is 34.1 Å². The van der Waals surface area contributed by atoms with Gasteiger partial charge in [0.05, 0.1) is 6.61 Å². The van der Waals surface area contributed by atoms with Crippen molar-refractivity contribution in [1.82, 2.24) is 10.3 Å². The predicted molar refractivity (Wildman–Crippen MR) is 69.0 cm³/mol. The second kappa shape index (κ2) is 7.41. The zero-order chi connectivity index (χ0) is 11.8. The number of ether oxygens (including phenoxy) is 1. The van der Waals surface area contributed by atoms with Crippen molar-refractivity contribution in [3.05, 3.63) is 30.1 Å². The van der Waals surface area contributed by atoms with Gasteiger partial charge in [0, 0.05) is 25.5 Å². The monoisotopic (exact) mass is 234 g/mol. The molecule has 1 aromatic rings. The van der Waals surface area contributed by atoms with Gasteiger partial charge in [0.25, 0.3) is 0 Å². The van der Waals surface area contributed by atoms with Gasteiger partial charge in [-0.05, 0) is 55.8 Å². The van der Waals surface area contributed by atoms with E-state index in [2.05, 4.69) is 22.4 Å². The Balaban J connectivity index is 1.51. The molecule has 1 aliphatic rings. The Hall–Kier alpha value is -0.930. The minimum Gasteiger partial charge on any atom is -0.381 e. The number of rotatable bonds is 6. The van der Waals surface area contributed by atoms with E-state index >= 15 is 0 Å². The van der Waals surface area contributed by atoms with Crippen molar-refractivity contribution in [3.63, 3.8) is 0 Å². The molecule has 0 spiro atoms. The Morgan fingerprint density at radius 3 is 3.00 bits per heavy atom. The van der Waals surface area contributed by atoms with E-state index in [0.29, 0.717) is 0 Å². The number of pyridine rings is 1. The molecule has 3 heteroatoms. The summed E-state index contributed by atoms with van der Waals surface area (Å²) in [5.74, 6) is 0.727. The standard InChI is InChI=1S/C14H22N2O/c1-3-14(11-16-7-1)12-17-10-2-4-13-5-8-15-9-6-13/h5-6,8-9,14,16H,1-4,7,10-12H2. The molecular weight excluding hydrogens is 212 g/mol. The third-order valence-electron chi connectivity index (χ3n) is 3.26. The van der Waals surface area contributed by atoms with Crippen molar-refractivity contribution in [2.45, 2.75) is 25.7 Å². The van der Waals surface area contributed by atoms with E-state index in [4.69, 9.17) is 4.74 Å². The molecule has 3 nitrogen and oxygen atoms in total. The van der Waals surface area contributed by atoms with Crippen LogP contribution < -0.4 is 5.32 Å². The Morgan fingerprint density at radius 1 is 1.35 bits per heavy atom. The maximum atomic E-state index is 5.74. The molecule has 17 heavy (non-hydrogen) atoms. The zero-order valence-electron chi connectivity index (χ0n) is 10.4. The summed E-state index contributed by atoms with van der Waals surface area (Å²) >= 11 is 0. The van der Waals surface area contributed by atoms with Gasteiger partial charge in [0.1, 0.15) is 0 Å². The summed E-state index contributed by atoms with van der Waals surface area (Å²) in [7, 11) is 0. The van der Waals surface area contributed by atoms with E-state index in [9.17, 15) is 0 Å². The molecule has 1 saturated heterocycles. The average molecular weight is 234 g/mol. The quantitative estimate of drug-likeness (QED) is 0.765. The molecular formula is C14H22N2O. The highest BCUT2D eigenvalue weighted by Gasteiger charge is 2.12. The Morgan fingerprint density at radius 2 is 2.24 bits per heavy atom. The van der Waals surface area contributed by atoms with Crippen LogP contribution in [0, 0.1) is 5.92 Å². The van der Waals surface area contributed by atoms with Crippen molar-refractivity contribution < 1.29 is 4.74 Å². The lowest BCUT2D eigenvalue weighted by atomic mass is 10.0. The summed E-state index contributed by atoms with van der Waals surface area (Å²) in [5.41, 5.74) is 1.35. The Kier molecular flexibility index (Phi) is 5.46. The molecule has 1 fully saturated rings. The number of hydrogen-bond acceptors (Lipinski definition) is 3. The van der Waals surface area contributed by atoms with Gasteiger partial charge < -0.3 is 10.1 Å². The number of piperidine rings is 1. The van der Waals surface area contributed by atoms with Gasteiger partial charge >= 0.3 is 0 Å². The first kappa shape index (κ1) is 12.5. The number of aryl methyl sites for hydroxylation is 1. The van der Waals surface area contributed by atoms with Gasteiger partial charge in [-0.2, -0.15) is 0 Å². The van der Waals surface area contributed by atoms with Crippen LogP contribution in [0.2, 0.25) is 0 Å². The predicted octanol–water partition coefficient (Wildman–Crippen LogP) is 2.03. The van der Waals surface area contributed by atoms with Crippen LogP contribution in [0.1, 0.15) is 24.8 Å². The normalized spacial score (nSPS) is 20.4. The van der Waals surface area contributed by atoms with Crippen LogP contribution in [0.5, 0.6) is 0 Å². The lowest BCUT2D eigenvalue weighted by Gasteiger charge is -2.22. The summed E-state index contributed by atoms with van der Waals surface area (Å²) in [5, 5.41) is 3.41. The van der Waals surface area contributed by atoms with Crippen molar-refractivity contribution in [1.29, 1.82) is 0 Å². The third kappa shape index (κ3) is 4.84. The van der Waals surface area contributed by atoms with Crippen LogP contribution in [-0.4, -0.2) is 31.3 Å². The van der Waals surface area contributed by atoms with Gasteiger partial charge in [-0.15, -0.1) is 0 Å². The number of hydrogen-bond donors (Lipinski definition) is 1. The minimum absolute atomic E-state index is 0.727. The van der Waals surface area contributed by atoms with Crippen molar-refractivity contribution in [2.75, 3.05) is 26.3 Å². The highest BCUT2D eigenvalue weighted by atomic mass is 16.5. The summed E-state index contributed by atoms with van der Waals surface area (Å²) in [6, 6.07) is 4.15. The molecule has 0 aromatic carbocycles. The molecule has 1 aromatic heterocycles. The summed E-state index contributed by atoms with van der Waals surface area (Å²) < 4.78 is 5.74. The van der Waals surface area contributed by atoms with Crippen molar-refractivity contribution in [2.24, 2.45) is 5.92 Å². The van der Waals surface area contributed by atoms with E-state index in [-0.39, 0.29) is 0 Å². The van der Waals surface area contributed by atoms with Crippen LogP contribution in [0.4, 0.5) is 0 Å². The van der Waals surface area contributed by atoms with E-state index in [1.165, 1.54) is 24.9 Å². The largest absolute Gasteiger partial charge is 0.381 e. The van der Waals surface area contributed by atoms with Crippen LogP contribution >= 0.6 is 0 Å². The summed E-state index contributed by atoms with van der Waals surface area (Å²) in [4.78, 5) is 4.01. The SMILES string of the molecule is c1cc(CCCOCC2CCCNC2)ccn1. The Bertz CT molecular complexity index is 296. The smallest absolute Gasteiger partial charge is 0.0506 e. The lowest BCUT2D eigenvalue weighted by Crippen LogP contribution is -2.32. The van der Waals surface area contributed by atoms with E-state index in [1.807, 2.05) is 12.4 Å². The Labute approximate surface area is 104 Å². The van der Waals surface area contributed by atoms with E-state index < -0.39 is 0 Å². The fraction of sp³-hybridized carbons (Fsp3) is 0.643. The molecule has 1 N–H and O–H groups in total. The molecule has 0 saturated carbocycles. The highest BCUT2D eigenvalue weighted by molar-refractivity contribution is 5.09. The molecule has 1 unspecified atom stereocenters. The molecule has 0 radical (unpaired) electrons. The van der Waals surface area contributed by atoms with Crippen LogP contribution in [0.3, 0.4) is 0 Å². The van der Waals surface area contributed by atoms with Gasteiger partial charge in [0.15, 0.2) is 0 Å². The molecule has 1 atom stereocenters. The fourth-order valence-corrected chi connectivity index (χ4v) is 2.24. The van der Waals surface area contributed by atoms with Gasteiger partial charge in [-0.25, -0.2) is 0 Å². The van der Waals surface area contributed by atoms with Crippen molar-refractivity contribution >= 4 is 0 Å². The highest BCUT2D eigenvalue weighted by Crippen LogP contribution is 2.10. The second-order valence-electron chi connectivity index (χ2n) is 4.75. The van der Waals surface area contributed by atoms with E-state index in [1.54, 1.807) is 0 Å². The molecule has 94 valence electrons. The van der Waals surface area contributed by atoms with Gasteiger partial charge in [-0.1, -0.05) is 0 Å². The zero-order valence-corrected chi connectivity index (χ0v) is 10.4. The third-order valence-corrected chi connectivity index (χ3v) is 3.26. The van der Waals surface area contributed by atoms with Crippen LogP contribution in [0.15, 0.2) is 24.5 Å². The molecule has 2 heterocycles. The molecule has 0 bridgehead atoms. The van der Waals surface area contributed by atoms with Gasteiger partial charge in [-0.3, -0.25) is 4.98 Å². The minimum atomic E-state index is 0.727. The fourth-order valence-electron chi connectivity index (χ4n) is 2.24. The summed E-state index contributed by atoms with van der Waals surface area (Å²) in [6.45, 7) is 4.10. The second-order valence-corrected chi connectivity index (χ2v) is 4.75. The molecule has 0 aliphatic carbocycles. The summed E-state index contributed by atoms with van der Waals surface area (Å²) in [6.07, 6.45) is 8.51. The maximum absolute atomic E-state index is 5.74. The van der Waals surface area contributed by atoms with Crippen LogP contribution in [-0.2, 0) is 11.2 Å². The molecule has 0 amide bonds. The number of nitrogens with zero attached hydrogens (tertiary/aromatic N) is 1. The number of nitrogens with one attached hydrogen (secondary N) is 1. The first-order chi connectivity index (χ1) is 8.45. The van der Waals surface area contributed by atoms with Crippen LogP contribution in [0.25, 0.3) is 0 Å². The average Bonchev–Trinajstić information content (AvgIpc) is 2.41. The van der Waals surface area contributed by atoms with Gasteiger partial charge in [0.2, 0.25) is 0 Å². The number of aromatic nitrogens is 1. The maximum Gasteiger partial charge on any atom is 0.0506 e. The first-order valence-electron chi connectivity index (χ1n) is 6.62. The molecule has 1 aliphatic heterocycles. The van der Waals surface area contributed by atoms with Crippen molar-refractivity contribution in [3.8, 4) is 0 Å². The van der Waals surface area contributed by atoms with E-state index in [0.717, 1.165) is 38.5 Å².